The van der Waals surface area contributed by atoms with Crippen molar-refractivity contribution in [3.63, 3.8) is 0 Å². The van der Waals surface area contributed by atoms with Gasteiger partial charge in [0, 0.05) is 62.9 Å². The van der Waals surface area contributed by atoms with Crippen molar-refractivity contribution >= 4 is 29.2 Å². The normalized spacial score (nSPS) is 25.3. The first-order valence-electron chi connectivity index (χ1n) is 13.3. The van der Waals surface area contributed by atoms with Crippen LogP contribution >= 0.6 is 0 Å². The second-order valence-corrected chi connectivity index (χ2v) is 10.8. The first kappa shape index (κ1) is 22.7. The number of amides is 1. The Bertz CT molecular complexity index is 1080. The van der Waals surface area contributed by atoms with E-state index in [-0.39, 0.29) is 5.91 Å². The summed E-state index contributed by atoms with van der Waals surface area (Å²) < 4.78 is 0. The van der Waals surface area contributed by atoms with E-state index in [4.69, 9.17) is 4.98 Å². The number of fused-ring (bicyclic) bond motifs is 1. The van der Waals surface area contributed by atoms with E-state index in [1.54, 1.807) is 0 Å². The van der Waals surface area contributed by atoms with Gasteiger partial charge in [0.05, 0.1) is 18.4 Å². The summed E-state index contributed by atoms with van der Waals surface area (Å²) >= 11 is 0. The lowest BCUT2D eigenvalue weighted by atomic mass is 9.91. The van der Waals surface area contributed by atoms with Gasteiger partial charge in [-0.1, -0.05) is 12.8 Å². The molecule has 2 aromatic heterocycles. The highest BCUT2D eigenvalue weighted by molar-refractivity contribution is 5.87. The molecule has 3 fully saturated rings. The van der Waals surface area contributed by atoms with Crippen molar-refractivity contribution in [2.24, 2.45) is 0 Å². The Hall–Kier alpha value is -2.78. The molecule has 2 saturated heterocycles. The van der Waals surface area contributed by atoms with E-state index in [2.05, 4.69) is 49.9 Å². The van der Waals surface area contributed by atoms with Crippen LogP contribution in [0.4, 0.5) is 23.3 Å². The third-order valence-electron chi connectivity index (χ3n) is 8.45. The molecule has 9 heteroatoms. The van der Waals surface area contributed by atoms with Gasteiger partial charge >= 0.3 is 5.91 Å². The molecule has 5 heterocycles. The molecule has 186 valence electrons. The third-order valence-corrected chi connectivity index (χ3v) is 8.45. The van der Waals surface area contributed by atoms with Crippen LogP contribution in [0.3, 0.4) is 0 Å². The van der Waals surface area contributed by atoms with E-state index in [0.29, 0.717) is 18.0 Å². The molecule has 1 saturated carbocycles. The van der Waals surface area contributed by atoms with Gasteiger partial charge in [-0.15, -0.1) is 0 Å². The second-order valence-electron chi connectivity index (χ2n) is 10.8. The zero-order chi connectivity index (χ0) is 24.0. The lowest BCUT2D eigenvalue weighted by Gasteiger charge is -2.38. The Labute approximate surface area is 207 Å². The Kier molecular flexibility index (Phi) is 5.84. The van der Waals surface area contributed by atoms with Crippen molar-refractivity contribution in [2.45, 2.75) is 70.0 Å². The molecule has 1 atom stereocenters. The first-order valence-corrected chi connectivity index (χ1v) is 13.3. The Morgan fingerprint density at radius 3 is 2.54 bits per heavy atom. The van der Waals surface area contributed by atoms with Crippen LogP contribution in [0.2, 0.25) is 0 Å². The highest BCUT2D eigenvalue weighted by Gasteiger charge is 2.58. The molecule has 3 aliphatic heterocycles. The molecule has 1 unspecified atom stereocenters. The lowest BCUT2D eigenvalue weighted by molar-refractivity contribution is -0.555. The predicted molar refractivity (Wildman–Crippen MR) is 136 cm³/mol. The number of hydrogen-bond acceptors (Lipinski definition) is 8. The van der Waals surface area contributed by atoms with E-state index >= 15 is 0 Å². The molecule has 9 nitrogen and oxygen atoms in total. The van der Waals surface area contributed by atoms with E-state index in [1.807, 2.05) is 23.8 Å². The van der Waals surface area contributed by atoms with Gasteiger partial charge in [0.25, 0.3) is 0 Å². The number of nitrogens with zero attached hydrogens (tertiary/aromatic N) is 6. The monoisotopic (exact) mass is 477 g/mol. The number of hydrogen-bond donors (Lipinski definition) is 2. The van der Waals surface area contributed by atoms with Crippen LogP contribution in [-0.2, 0) is 11.2 Å². The van der Waals surface area contributed by atoms with Gasteiger partial charge in [-0.3, -0.25) is 10.2 Å². The van der Waals surface area contributed by atoms with Gasteiger partial charge in [0.15, 0.2) is 5.54 Å². The maximum Gasteiger partial charge on any atom is 0.336 e. The van der Waals surface area contributed by atoms with Gasteiger partial charge in [-0.25, -0.2) is 14.8 Å². The molecule has 0 aromatic carbocycles. The third kappa shape index (κ3) is 4.04. The molecule has 35 heavy (non-hydrogen) atoms. The molecule has 2 aromatic rings. The summed E-state index contributed by atoms with van der Waals surface area (Å²) in [4.78, 5) is 34.5. The number of primary amides is 1. The maximum atomic E-state index is 13.0. The molecule has 6 rings (SSSR count). The van der Waals surface area contributed by atoms with Gasteiger partial charge in [-0.05, 0) is 38.8 Å². The van der Waals surface area contributed by atoms with Crippen molar-refractivity contribution in [1.82, 2.24) is 19.9 Å². The van der Waals surface area contributed by atoms with Gasteiger partial charge in [0.1, 0.15) is 11.6 Å². The van der Waals surface area contributed by atoms with Crippen LogP contribution < -0.4 is 20.4 Å². The summed E-state index contributed by atoms with van der Waals surface area (Å²) in [5.41, 5.74) is 1.80. The fraction of sp³-hybridized carbons (Fsp3) is 0.615. The second kappa shape index (κ2) is 9.02. The molecular formula is C26H37N8O+. The fourth-order valence-corrected chi connectivity index (χ4v) is 6.51. The summed E-state index contributed by atoms with van der Waals surface area (Å²) in [5, 5.41) is 5.19. The van der Waals surface area contributed by atoms with Crippen LogP contribution in [0.5, 0.6) is 0 Å². The molecule has 0 radical (unpaired) electrons. The number of nitrogens with two attached hydrogens (primary N) is 1. The van der Waals surface area contributed by atoms with E-state index in [1.165, 1.54) is 12.8 Å². The SMILES string of the molecule is CC(C)N1CCN(c2ccc(Nc3ncc4c(n3)N(C3CCCC3)C3(CC[NH2+]C3=O)C4)nc2)CC1. The zero-order valence-electron chi connectivity index (χ0n) is 20.9. The number of rotatable bonds is 5. The van der Waals surface area contributed by atoms with E-state index in [9.17, 15) is 4.79 Å². The number of nitrogens with one attached hydrogen (secondary N) is 1. The minimum Gasteiger partial charge on any atom is -0.368 e. The summed E-state index contributed by atoms with van der Waals surface area (Å²) in [7, 11) is 0. The highest BCUT2D eigenvalue weighted by atomic mass is 16.2. The highest BCUT2D eigenvalue weighted by Crippen LogP contribution is 2.45. The summed E-state index contributed by atoms with van der Waals surface area (Å²) in [6.07, 6.45) is 10.2. The van der Waals surface area contributed by atoms with Crippen LogP contribution in [0.15, 0.2) is 24.5 Å². The van der Waals surface area contributed by atoms with Crippen molar-refractivity contribution in [3.05, 3.63) is 30.1 Å². The molecule has 0 bridgehead atoms. The fourth-order valence-electron chi connectivity index (χ4n) is 6.51. The number of carbonyl (C=O) groups is 1. The Balaban J connectivity index is 1.19. The van der Waals surface area contributed by atoms with Crippen LogP contribution in [0, 0.1) is 0 Å². The van der Waals surface area contributed by atoms with Gasteiger partial charge in [-0.2, -0.15) is 4.98 Å². The number of piperazine rings is 1. The van der Waals surface area contributed by atoms with E-state index < -0.39 is 5.54 Å². The largest absolute Gasteiger partial charge is 0.368 e. The quantitative estimate of drug-likeness (QED) is 0.672. The topological polar surface area (TPSA) is 94.1 Å². The predicted octanol–water partition coefficient (Wildman–Crippen LogP) is 1.68. The lowest BCUT2D eigenvalue weighted by Crippen LogP contribution is -2.88. The van der Waals surface area contributed by atoms with Crippen LogP contribution in [0.1, 0.15) is 51.5 Å². The molecule has 4 aliphatic rings. The molecule has 1 aliphatic carbocycles. The number of carbonyl (C=O) groups excluding carboxylic acids is 1. The number of aromatic nitrogens is 3. The molecular weight excluding hydrogens is 440 g/mol. The van der Waals surface area contributed by atoms with Crippen LogP contribution in [-0.4, -0.2) is 76.1 Å². The summed E-state index contributed by atoms with van der Waals surface area (Å²) in [5.74, 6) is 2.49. The maximum absolute atomic E-state index is 13.0. The first-order chi connectivity index (χ1) is 17.0. The standard InChI is InChI=1S/C26H36N8O/c1-18(2)32-11-13-33(14-12-32)21-7-8-22(28-17-21)30-25-29-16-19-15-26(9-10-27-24(26)35)34(23(19)31-25)20-5-3-4-6-20/h7-8,16-18,20H,3-6,9-15H2,1-2H3,(H,27,35)(H,28,29,30,31)/p+1. The average Bonchev–Trinajstić information content (AvgIpc) is 3.59. The van der Waals surface area contributed by atoms with Crippen molar-refractivity contribution in [1.29, 1.82) is 0 Å². The summed E-state index contributed by atoms with van der Waals surface area (Å²) in [6.45, 7) is 9.59. The zero-order valence-corrected chi connectivity index (χ0v) is 20.9. The van der Waals surface area contributed by atoms with Gasteiger partial charge < -0.3 is 15.1 Å². The summed E-state index contributed by atoms with van der Waals surface area (Å²) in [6, 6.07) is 5.12. The average molecular weight is 478 g/mol. The molecule has 3 N–H and O–H groups in total. The number of anilines is 4. The van der Waals surface area contributed by atoms with Crippen molar-refractivity contribution in [3.8, 4) is 0 Å². The Morgan fingerprint density at radius 1 is 1.09 bits per heavy atom. The number of quaternary nitrogens is 1. The Morgan fingerprint density at radius 2 is 1.89 bits per heavy atom. The minimum atomic E-state index is -0.440. The van der Waals surface area contributed by atoms with Crippen molar-refractivity contribution < 1.29 is 10.1 Å². The molecule has 1 amide bonds. The smallest absolute Gasteiger partial charge is 0.336 e. The molecule has 1 spiro atoms. The van der Waals surface area contributed by atoms with E-state index in [0.717, 1.165) is 81.3 Å². The van der Waals surface area contributed by atoms with Crippen molar-refractivity contribution in [2.75, 3.05) is 47.8 Å². The van der Waals surface area contributed by atoms with Gasteiger partial charge in [0.2, 0.25) is 5.95 Å². The minimum absolute atomic E-state index is 0.267. The number of pyridine rings is 1. The van der Waals surface area contributed by atoms with Crippen LogP contribution in [0.25, 0.3) is 0 Å².